The first-order valence-electron chi connectivity index (χ1n) is 9.90. The second-order valence-electron chi connectivity index (χ2n) is 8.80. The molecule has 0 N–H and O–H groups in total. The summed E-state index contributed by atoms with van der Waals surface area (Å²) in [6.07, 6.45) is 8.36. The minimum atomic E-state index is -3.86. The molecule has 0 radical (unpaired) electrons. The average molecular weight is 407 g/mol. The SMILES string of the molecule is CC(=O)OC1CCCC2(CC(C)(C)OS(=O)(=O)c3ccc(C)cc3)C=CCC12. The Morgan fingerprint density at radius 3 is 2.57 bits per heavy atom. The van der Waals surface area contributed by atoms with Gasteiger partial charge in [-0.15, -0.1) is 0 Å². The molecule has 0 saturated heterocycles. The minimum absolute atomic E-state index is 0.120. The molecule has 0 heterocycles. The first kappa shape index (κ1) is 21.1. The van der Waals surface area contributed by atoms with Crippen LogP contribution in [-0.4, -0.2) is 26.1 Å². The molecule has 3 rings (SSSR count). The fourth-order valence-electron chi connectivity index (χ4n) is 4.94. The van der Waals surface area contributed by atoms with E-state index >= 15 is 0 Å². The lowest BCUT2D eigenvalue weighted by molar-refractivity contribution is -0.155. The van der Waals surface area contributed by atoms with E-state index in [1.807, 2.05) is 20.8 Å². The number of ether oxygens (including phenoxy) is 1. The molecule has 0 spiro atoms. The highest BCUT2D eigenvalue weighted by atomic mass is 32.2. The number of benzene rings is 1. The third-order valence-corrected chi connectivity index (χ3v) is 7.40. The maximum Gasteiger partial charge on any atom is 0.302 e. The number of esters is 1. The van der Waals surface area contributed by atoms with Crippen LogP contribution in [0.2, 0.25) is 0 Å². The van der Waals surface area contributed by atoms with E-state index in [0.717, 1.165) is 31.2 Å². The number of hydrogen-bond acceptors (Lipinski definition) is 5. The normalized spacial score (nSPS) is 27.4. The molecule has 1 aromatic rings. The van der Waals surface area contributed by atoms with Crippen molar-refractivity contribution in [1.29, 1.82) is 0 Å². The van der Waals surface area contributed by atoms with Gasteiger partial charge in [-0.25, -0.2) is 0 Å². The smallest absolute Gasteiger partial charge is 0.302 e. The quantitative estimate of drug-likeness (QED) is 0.394. The second-order valence-corrected chi connectivity index (χ2v) is 10.4. The molecule has 154 valence electrons. The zero-order valence-electron chi connectivity index (χ0n) is 17.1. The lowest BCUT2D eigenvalue weighted by Crippen LogP contribution is -2.45. The molecule has 2 aliphatic carbocycles. The molecule has 0 aromatic heterocycles. The lowest BCUT2D eigenvalue weighted by atomic mass is 9.63. The van der Waals surface area contributed by atoms with Gasteiger partial charge in [0.2, 0.25) is 0 Å². The van der Waals surface area contributed by atoms with Crippen molar-refractivity contribution in [3.8, 4) is 0 Å². The van der Waals surface area contributed by atoms with Crippen LogP contribution in [0.25, 0.3) is 0 Å². The van der Waals surface area contributed by atoms with Crippen LogP contribution in [0.3, 0.4) is 0 Å². The van der Waals surface area contributed by atoms with Crippen molar-refractivity contribution in [3.63, 3.8) is 0 Å². The van der Waals surface area contributed by atoms with Gasteiger partial charge in [0.25, 0.3) is 10.1 Å². The second kappa shape index (κ2) is 7.64. The van der Waals surface area contributed by atoms with Crippen molar-refractivity contribution >= 4 is 16.1 Å². The summed E-state index contributed by atoms with van der Waals surface area (Å²) in [6, 6.07) is 6.69. The Bertz CT molecular complexity index is 853. The Morgan fingerprint density at radius 2 is 1.93 bits per heavy atom. The van der Waals surface area contributed by atoms with E-state index in [1.54, 1.807) is 24.3 Å². The topological polar surface area (TPSA) is 69.7 Å². The number of fused-ring (bicyclic) bond motifs is 1. The molecule has 2 aliphatic rings. The monoisotopic (exact) mass is 406 g/mol. The van der Waals surface area contributed by atoms with Gasteiger partial charge in [-0.3, -0.25) is 8.98 Å². The average Bonchev–Trinajstić information content (AvgIpc) is 2.97. The lowest BCUT2D eigenvalue weighted by Gasteiger charge is -2.46. The van der Waals surface area contributed by atoms with Crippen LogP contribution in [0.1, 0.15) is 58.4 Å². The maximum absolute atomic E-state index is 12.8. The first-order valence-corrected chi connectivity index (χ1v) is 11.3. The van der Waals surface area contributed by atoms with Crippen LogP contribution in [0.15, 0.2) is 41.3 Å². The molecular formula is C22H30O5S. The van der Waals surface area contributed by atoms with Crippen LogP contribution in [-0.2, 0) is 23.8 Å². The number of allylic oxidation sites excluding steroid dienone is 2. The number of hydrogen-bond donors (Lipinski definition) is 0. The van der Waals surface area contributed by atoms with Crippen molar-refractivity contribution in [2.45, 2.75) is 76.4 Å². The van der Waals surface area contributed by atoms with Gasteiger partial charge in [-0.05, 0) is 70.4 Å². The molecule has 1 fully saturated rings. The van der Waals surface area contributed by atoms with E-state index < -0.39 is 15.7 Å². The van der Waals surface area contributed by atoms with Gasteiger partial charge in [0.15, 0.2) is 0 Å². The predicted molar refractivity (Wildman–Crippen MR) is 107 cm³/mol. The Balaban J connectivity index is 1.79. The summed E-state index contributed by atoms with van der Waals surface area (Å²) in [5.74, 6) is -0.0831. The van der Waals surface area contributed by atoms with Crippen LogP contribution in [0.4, 0.5) is 0 Å². The molecule has 3 atom stereocenters. The van der Waals surface area contributed by atoms with Gasteiger partial charge in [0.1, 0.15) is 6.10 Å². The summed E-state index contributed by atoms with van der Waals surface area (Å²) < 4.78 is 36.9. The van der Waals surface area contributed by atoms with E-state index in [9.17, 15) is 13.2 Å². The van der Waals surface area contributed by atoms with Gasteiger partial charge in [-0.1, -0.05) is 29.8 Å². The summed E-state index contributed by atoms with van der Waals surface area (Å²) in [4.78, 5) is 11.7. The van der Waals surface area contributed by atoms with Gasteiger partial charge in [0, 0.05) is 12.8 Å². The molecule has 28 heavy (non-hydrogen) atoms. The van der Waals surface area contributed by atoms with Crippen LogP contribution < -0.4 is 0 Å². The predicted octanol–water partition coefficient (Wildman–Crippen LogP) is 4.55. The highest BCUT2D eigenvalue weighted by molar-refractivity contribution is 7.86. The van der Waals surface area contributed by atoms with E-state index in [1.165, 1.54) is 6.92 Å². The van der Waals surface area contributed by atoms with Gasteiger partial charge < -0.3 is 4.74 Å². The summed E-state index contributed by atoms with van der Waals surface area (Å²) in [5.41, 5.74) is -0.0888. The summed E-state index contributed by atoms with van der Waals surface area (Å²) in [7, 11) is -3.86. The van der Waals surface area contributed by atoms with Gasteiger partial charge in [-0.2, -0.15) is 8.42 Å². The van der Waals surface area contributed by atoms with Crippen molar-refractivity contribution < 1.29 is 22.1 Å². The van der Waals surface area contributed by atoms with Crippen molar-refractivity contribution in [3.05, 3.63) is 42.0 Å². The van der Waals surface area contributed by atoms with E-state index in [2.05, 4.69) is 12.2 Å². The summed E-state index contributed by atoms with van der Waals surface area (Å²) >= 11 is 0. The Hall–Kier alpha value is -1.66. The first-order chi connectivity index (χ1) is 13.0. The number of carbonyl (C=O) groups is 1. The van der Waals surface area contributed by atoms with Crippen LogP contribution in [0, 0.1) is 18.3 Å². The van der Waals surface area contributed by atoms with E-state index in [-0.39, 0.29) is 28.3 Å². The van der Waals surface area contributed by atoms with E-state index in [4.69, 9.17) is 8.92 Å². The molecular weight excluding hydrogens is 376 g/mol. The van der Waals surface area contributed by atoms with Gasteiger partial charge in [0.05, 0.1) is 10.5 Å². The number of carbonyl (C=O) groups excluding carboxylic acids is 1. The van der Waals surface area contributed by atoms with E-state index in [0.29, 0.717) is 6.42 Å². The molecule has 1 saturated carbocycles. The molecule has 1 aromatic carbocycles. The van der Waals surface area contributed by atoms with Crippen molar-refractivity contribution in [2.75, 3.05) is 0 Å². The highest BCUT2D eigenvalue weighted by Gasteiger charge is 2.50. The van der Waals surface area contributed by atoms with Crippen LogP contribution >= 0.6 is 0 Å². The fourth-order valence-corrected chi connectivity index (χ4v) is 6.16. The molecule has 3 unspecified atom stereocenters. The number of aryl methyl sites for hydroxylation is 1. The Kier molecular flexibility index (Phi) is 5.74. The Morgan fingerprint density at radius 1 is 1.25 bits per heavy atom. The largest absolute Gasteiger partial charge is 0.462 e. The van der Waals surface area contributed by atoms with Gasteiger partial charge >= 0.3 is 5.97 Å². The molecule has 0 amide bonds. The van der Waals surface area contributed by atoms with Crippen molar-refractivity contribution in [2.24, 2.45) is 11.3 Å². The van der Waals surface area contributed by atoms with Crippen LogP contribution in [0.5, 0.6) is 0 Å². The summed E-state index contributed by atoms with van der Waals surface area (Å²) in [6.45, 7) is 7.01. The Labute approximate surface area is 168 Å². The maximum atomic E-state index is 12.8. The molecule has 0 bridgehead atoms. The fraction of sp³-hybridized carbons (Fsp3) is 0.591. The molecule has 0 aliphatic heterocycles. The molecule has 6 heteroatoms. The molecule has 5 nitrogen and oxygen atoms in total. The summed E-state index contributed by atoms with van der Waals surface area (Å²) in [5, 5.41) is 0. The van der Waals surface area contributed by atoms with Crippen molar-refractivity contribution in [1.82, 2.24) is 0 Å². The highest BCUT2D eigenvalue weighted by Crippen LogP contribution is 2.54. The zero-order valence-corrected chi connectivity index (χ0v) is 17.9. The number of rotatable bonds is 6. The standard InChI is InChI=1S/C22H30O5S/c1-16-9-11-18(12-10-16)28(24,25)27-21(3,4)15-22-13-5-7-19(22)20(8-6-14-22)26-17(2)23/h5,9-13,19-20H,6-8,14-15H2,1-4H3. The third kappa shape index (κ3) is 4.49. The third-order valence-electron chi connectivity index (χ3n) is 5.88. The minimum Gasteiger partial charge on any atom is -0.462 e. The zero-order chi connectivity index (χ0) is 20.6.